The van der Waals surface area contributed by atoms with E-state index in [1.54, 1.807) is 13.0 Å². The zero-order chi connectivity index (χ0) is 16.5. The first-order valence-corrected chi connectivity index (χ1v) is 6.88. The molecule has 0 atom stereocenters. The lowest BCUT2D eigenvalue weighted by molar-refractivity contribution is 0.0600. The van der Waals surface area contributed by atoms with Gasteiger partial charge in [0.2, 0.25) is 0 Å². The molecule has 0 aliphatic rings. The number of methoxy groups -OCH3 is 1. The third kappa shape index (κ3) is 5.97. The summed E-state index contributed by atoms with van der Waals surface area (Å²) in [5.41, 5.74) is 0.312. The Balaban J connectivity index is 2.49. The smallest absolute Gasteiger partial charge is 0.413 e. The first kappa shape index (κ1) is 17.7. The first-order valence-electron chi connectivity index (χ1n) is 6.06. The van der Waals surface area contributed by atoms with E-state index < -0.39 is 12.1 Å². The van der Waals surface area contributed by atoms with Crippen molar-refractivity contribution in [2.45, 2.75) is 6.92 Å². The highest BCUT2D eigenvalue weighted by atomic mass is 32.1. The molecule has 0 aliphatic carbocycles. The van der Waals surface area contributed by atoms with Crippen molar-refractivity contribution in [3.8, 4) is 0 Å². The third-order valence-corrected chi connectivity index (χ3v) is 2.55. The average Bonchev–Trinajstić information content (AvgIpc) is 2.47. The summed E-state index contributed by atoms with van der Waals surface area (Å²) in [4.78, 5) is 26.4. The van der Waals surface area contributed by atoms with E-state index in [1.165, 1.54) is 19.4 Å². The van der Waals surface area contributed by atoms with Gasteiger partial charge in [0.15, 0.2) is 10.2 Å². The number of carbonyl (C=O) groups excluding carboxylic acids is 2. The van der Waals surface area contributed by atoms with Gasteiger partial charge in [-0.2, -0.15) is 0 Å². The molecule has 8 nitrogen and oxygen atoms in total. The molecule has 0 spiro atoms. The molecule has 0 unspecified atom stereocenters. The van der Waals surface area contributed by atoms with Crippen LogP contribution in [0.15, 0.2) is 18.3 Å². The molecule has 1 rings (SSSR count). The van der Waals surface area contributed by atoms with Crippen LogP contribution in [0, 0.1) is 0 Å². The summed E-state index contributed by atoms with van der Waals surface area (Å²) >= 11 is 9.88. The fourth-order valence-electron chi connectivity index (χ4n) is 1.25. The van der Waals surface area contributed by atoms with E-state index in [1.807, 2.05) is 0 Å². The lowest BCUT2D eigenvalue weighted by Gasteiger charge is -2.11. The van der Waals surface area contributed by atoms with Crippen molar-refractivity contribution in [2.24, 2.45) is 0 Å². The van der Waals surface area contributed by atoms with Crippen LogP contribution >= 0.6 is 24.4 Å². The van der Waals surface area contributed by atoms with E-state index in [2.05, 4.69) is 30.4 Å². The van der Waals surface area contributed by atoms with Gasteiger partial charge in [0.05, 0.1) is 19.3 Å². The molecular formula is C12H14N4O4S2. The van der Waals surface area contributed by atoms with Gasteiger partial charge in [-0.1, -0.05) is 0 Å². The standard InChI is InChI=1S/C12H14N4O4S2/c1-3-20-12(18)16-11(22)15-10(21)14-8-5-4-7(6-13-8)9(17)19-2/h4-6H,3H2,1-2H3,(H3,13,14,15,16,18,21,22). The minimum atomic E-state index is -0.677. The average molecular weight is 342 g/mol. The molecule has 1 heterocycles. The van der Waals surface area contributed by atoms with Crippen molar-refractivity contribution in [3.05, 3.63) is 23.9 Å². The Morgan fingerprint density at radius 3 is 2.50 bits per heavy atom. The normalized spacial score (nSPS) is 9.36. The van der Waals surface area contributed by atoms with Gasteiger partial charge >= 0.3 is 12.1 Å². The lowest BCUT2D eigenvalue weighted by Crippen LogP contribution is -2.44. The van der Waals surface area contributed by atoms with E-state index in [0.29, 0.717) is 11.4 Å². The van der Waals surface area contributed by atoms with Gasteiger partial charge in [0, 0.05) is 6.20 Å². The summed E-state index contributed by atoms with van der Waals surface area (Å²) in [6.07, 6.45) is 0.662. The number of pyridine rings is 1. The maximum Gasteiger partial charge on any atom is 0.413 e. The number of hydrogen-bond donors (Lipinski definition) is 3. The zero-order valence-electron chi connectivity index (χ0n) is 11.8. The van der Waals surface area contributed by atoms with Crippen LogP contribution in [0.25, 0.3) is 0 Å². The number of nitrogens with one attached hydrogen (secondary N) is 3. The highest BCUT2D eigenvalue weighted by Crippen LogP contribution is 2.05. The summed E-state index contributed by atoms with van der Waals surface area (Å²) in [6, 6.07) is 3.07. The van der Waals surface area contributed by atoms with Gasteiger partial charge in [0.25, 0.3) is 0 Å². The summed E-state index contributed by atoms with van der Waals surface area (Å²) in [6.45, 7) is 1.90. The molecule has 118 valence electrons. The van der Waals surface area contributed by atoms with Gasteiger partial charge in [-0.15, -0.1) is 0 Å². The highest BCUT2D eigenvalue weighted by Gasteiger charge is 2.08. The molecule has 0 bridgehead atoms. The van der Waals surface area contributed by atoms with Crippen molar-refractivity contribution < 1.29 is 19.1 Å². The van der Waals surface area contributed by atoms with Crippen LogP contribution in [0.3, 0.4) is 0 Å². The Hall–Kier alpha value is -2.33. The number of amides is 1. The first-order chi connectivity index (χ1) is 10.5. The summed E-state index contributed by atoms with van der Waals surface area (Å²) in [5, 5.41) is 7.71. The SMILES string of the molecule is CCOC(=O)NC(=S)NC(=S)Nc1ccc(C(=O)OC)cn1. The number of carbonyl (C=O) groups is 2. The van der Waals surface area contributed by atoms with Gasteiger partial charge in [-0.05, 0) is 43.5 Å². The van der Waals surface area contributed by atoms with Gasteiger partial charge in [-0.25, -0.2) is 14.6 Å². The maximum atomic E-state index is 11.3. The zero-order valence-corrected chi connectivity index (χ0v) is 13.5. The van der Waals surface area contributed by atoms with Crippen LogP contribution in [-0.2, 0) is 9.47 Å². The highest BCUT2D eigenvalue weighted by molar-refractivity contribution is 7.82. The number of anilines is 1. The number of ether oxygens (including phenoxy) is 2. The number of aromatic nitrogens is 1. The van der Waals surface area contributed by atoms with Crippen LogP contribution in [0.4, 0.5) is 10.6 Å². The summed E-state index contributed by atoms with van der Waals surface area (Å²) < 4.78 is 9.22. The second kappa shape index (κ2) is 8.85. The Morgan fingerprint density at radius 2 is 1.95 bits per heavy atom. The number of hydrogen-bond acceptors (Lipinski definition) is 7. The van der Waals surface area contributed by atoms with Crippen LogP contribution in [0.1, 0.15) is 17.3 Å². The predicted molar refractivity (Wildman–Crippen MR) is 87.7 cm³/mol. The fourth-order valence-corrected chi connectivity index (χ4v) is 1.70. The molecule has 0 aliphatic heterocycles. The molecule has 0 radical (unpaired) electrons. The van der Waals surface area contributed by atoms with E-state index in [-0.39, 0.29) is 16.8 Å². The molecule has 1 amide bonds. The maximum absolute atomic E-state index is 11.3. The Kier molecular flexibility index (Phi) is 7.13. The molecule has 22 heavy (non-hydrogen) atoms. The van der Waals surface area contributed by atoms with Crippen molar-refractivity contribution in [1.29, 1.82) is 0 Å². The quantitative estimate of drug-likeness (QED) is 0.552. The van der Waals surface area contributed by atoms with Crippen LogP contribution in [0.5, 0.6) is 0 Å². The molecule has 0 saturated heterocycles. The molecule has 0 saturated carbocycles. The van der Waals surface area contributed by atoms with Crippen molar-refractivity contribution >= 4 is 52.5 Å². The number of alkyl carbamates (subject to hydrolysis) is 1. The van der Waals surface area contributed by atoms with Crippen molar-refractivity contribution in [2.75, 3.05) is 19.0 Å². The second-order valence-electron chi connectivity index (χ2n) is 3.68. The summed E-state index contributed by atoms with van der Waals surface area (Å²) in [7, 11) is 1.28. The molecule has 1 aromatic rings. The molecule has 3 N–H and O–H groups in total. The summed E-state index contributed by atoms with van der Waals surface area (Å²) in [5.74, 6) is -0.0938. The van der Waals surface area contributed by atoms with E-state index in [4.69, 9.17) is 24.4 Å². The molecular weight excluding hydrogens is 328 g/mol. The molecule has 1 aromatic heterocycles. The van der Waals surface area contributed by atoms with Crippen molar-refractivity contribution in [1.82, 2.24) is 15.6 Å². The minimum Gasteiger partial charge on any atom is -0.465 e. The number of esters is 1. The van der Waals surface area contributed by atoms with E-state index in [9.17, 15) is 9.59 Å². The Labute approximate surface area is 137 Å². The number of rotatable bonds is 3. The molecule has 0 fully saturated rings. The van der Waals surface area contributed by atoms with Gasteiger partial charge in [-0.3, -0.25) is 5.32 Å². The van der Waals surface area contributed by atoms with Gasteiger partial charge in [0.1, 0.15) is 5.82 Å². The monoisotopic (exact) mass is 342 g/mol. The van der Waals surface area contributed by atoms with Gasteiger partial charge < -0.3 is 20.1 Å². The van der Waals surface area contributed by atoms with Crippen LogP contribution < -0.4 is 16.0 Å². The van der Waals surface area contributed by atoms with Crippen LogP contribution in [0.2, 0.25) is 0 Å². The van der Waals surface area contributed by atoms with E-state index in [0.717, 1.165) is 0 Å². The number of nitrogens with zero attached hydrogens (tertiary/aromatic N) is 1. The molecule has 0 aromatic carbocycles. The third-order valence-electron chi connectivity index (χ3n) is 2.14. The topological polar surface area (TPSA) is 102 Å². The van der Waals surface area contributed by atoms with Crippen LogP contribution in [-0.4, -0.2) is 41.0 Å². The fraction of sp³-hybridized carbons (Fsp3) is 0.250. The second-order valence-corrected chi connectivity index (χ2v) is 4.49. The molecule has 10 heteroatoms. The Bertz CT molecular complexity index is 577. The Morgan fingerprint density at radius 1 is 1.23 bits per heavy atom. The van der Waals surface area contributed by atoms with Crippen molar-refractivity contribution in [3.63, 3.8) is 0 Å². The largest absolute Gasteiger partial charge is 0.465 e. The predicted octanol–water partition coefficient (Wildman–Crippen LogP) is 1.19. The van der Waals surface area contributed by atoms with E-state index >= 15 is 0 Å². The minimum absolute atomic E-state index is 0.0119. The lowest BCUT2D eigenvalue weighted by atomic mass is 10.3. The number of thiocarbonyl (C=S) groups is 2.